The van der Waals surface area contributed by atoms with Crippen molar-refractivity contribution < 1.29 is 27.9 Å². The Kier molecular flexibility index (Phi) is 5.25. The van der Waals surface area contributed by atoms with Crippen molar-refractivity contribution >= 4 is 11.9 Å². The number of hydrogen-bond donors (Lipinski definition) is 1. The predicted molar refractivity (Wildman–Crippen MR) is 88.3 cm³/mol. The smallest absolute Gasteiger partial charge is 0.416 e. The summed E-state index contributed by atoms with van der Waals surface area (Å²) in [6, 6.07) is 4.35. The molecule has 4 nitrogen and oxygen atoms in total. The summed E-state index contributed by atoms with van der Waals surface area (Å²) < 4.78 is 38.2. The number of carboxylic acid groups (broad SMARTS) is 1. The Morgan fingerprint density at radius 2 is 2.00 bits per heavy atom. The lowest BCUT2D eigenvalue weighted by molar-refractivity contribution is -0.149. The van der Waals surface area contributed by atoms with Crippen molar-refractivity contribution in [1.29, 1.82) is 0 Å². The molecule has 3 rings (SSSR count). The summed E-state index contributed by atoms with van der Waals surface area (Å²) in [7, 11) is 0. The minimum absolute atomic E-state index is 0.0416. The highest BCUT2D eigenvalue weighted by Crippen LogP contribution is 2.42. The largest absolute Gasteiger partial charge is 0.480 e. The Morgan fingerprint density at radius 1 is 1.23 bits per heavy atom. The number of carbonyl (C=O) groups is 2. The summed E-state index contributed by atoms with van der Waals surface area (Å²) >= 11 is 0. The number of likely N-dealkylation sites (tertiary alicyclic amines) is 1. The van der Waals surface area contributed by atoms with Gasteiger partial charge >= 0.3 is 12.1 Å². The molecule has 7 heteroatoms. The molecule has 1 aromatic rings. The highest BCUT2D eigenvalue weighted by atomic mass is 19.4. The van der Waals surface area contributed by atoms with Crippen LogP contribution in [0.3, 0.4) is 0 Å². The zero-order valence-electron chi connectivity index (χ0n) is 14.3. The number of nitrogens with zero attached hydrogens (tertiary/aromatic N) is 1. The van der Waals surface area contributed by atoms with Crippen LogP contribution in [0.4, 0.5) is 13.2 Å². The minimum atomic E-state index is -4.38. The van der Waals surface area contributed by atoms with E-state index in [1.807, 2.05) is 0 Å². The van der Waals surface area contributed by atoms with E-state index in [-0.39, 0.29) is 24.2 Å². The fraction of sp³-hybridized carbons (Fsp3) is 0.579. The molecule has 26 heavy (non-hydrogen) atoms. The van der Waals surface area contributed by atoms with E-state index in [0.29, 0.717) is 24.9 Å². The van der Waals surface area contributed by atoms with E-state index in [1.165, 1.54) is 11.0 Å². The third-order valence-corrected chi connectivity index (χ3v) is 5.57. The fourth-order valence-electron chi connectivity index (χ4n) is 4.37. The molecule has 3 unspecified atom stereocenters. The van der Waals surface area contributed by atoms with Gasteiger partial charge in [0.05, 0.1) is 5.56 Å². The third-order valence-electron chi connectivity index (χ3n) is 5.57. The van der Waals surface area contributed by atoms with Crippen LogP contribution in [0.1, 0.15) is 43.2 Å². The van der Waals surface area contributed by atoms with Crippen LogP contribution in [0.5, 0.6) is 0 Å². The number of halogens is 3. The summed E-state index contributed by atoms with van der Waals surface area (Å²) in [6.07, 6.45) is -0.658. The minimum Gasteiger partial charge on any atom is -0.480 e. The Morgan fingerprint density at radius 3 is 2.69 bits per heavy atom. The lowest BCUT2D eigenvalue weighted by Crippen LogP contribution is -2.43. The molecule has 0 spiro atoms. The Labute approximate surface area is 150 Å². The third kappa shape index (κ3) is 3.86. The van der Waals surface area contributed by atoms with E-state index in [9.17, 15) is 27.9 Å². The number of carbonyl (C=O) groups excluding carboxylic acids is 1. The quantitative estimate of drug-likeness (QED) is 0.860. The van der Waals surface area contributed by atoms with Gasteiger partial charge in [0.1, 0.15) is 6.04 Å². The molecule has 0 radical (unpaired) electrons. The van der Waals surface area contributed by atoms with Gasteiger partial charge in [0.2, 0.25) is 5.91 Å². The first-order valence-electron chi connectivity index (χ1n) is 8.96. The summed E-state index contributed by atoms with van der Waals surface area (Å²) in [6.45, 7) is 0.490. The van der Waals surface area contributed by atoms with Gasteiger partial charge in [-0.25, -0.2) is 4.79 Å². The summed E-state index contributed by atoms with van der Waals surface area (Å²) in [5.41, 5.74) is -0.166. The van der Waals surface area contributed by atoms with Crippen LogP contribution in [-0.4, -0.2) is 34.5 Å². The van der Waals surface area contributed by atoms with Gasteiger partial charge in [-0.05, 0) is 49.1 Å². The van der Waals surface area contributed by atoms with Crippen molar-refractivity contribution in [1.82, 2.24) is 4.90 Å². The molecular weight excluding hydrogens is 347 g/mol. The van der Waals surface area contributed by atoms with Crippen LogP contribution in [0.15, 0.2) is 24.3 Å². The highest BCUT2D eigenvalue weighted by Gasteiger charge is 2.49. The fourth-order valence-corrected chi connectivity index (χ4v) is 4.37. The molecule has 0 aromatic heterocycles. The highest BCUT2D eigenvalue weighted by molar-refractivity contribution is 5.84. The lowest BCUT2D eigenvalue weighted by Gasteiger charge is -2.24. The van der Waals surface area contributed by atoms with Crippen molar-refractivity contribution in [3.63, 3.8) is 0 Å². The number of aryl methyl sites for hydroxylation is 1. The average Bonchev–Trinajstić information content (AvgIpc) is 3.14. The second kappa shape index (κ2) is 7.29. The maximum atomic E-state index is 12.7. The Bertz CT molecular complexity index is 689. The molecule has 3 atom stereocenters. The molecule has 1 saturated heterocycles. The standard InChI is InChI=1S/C19H22F3NO3/c20-19(21,22)14-7-1-4-12(10-14)5-2-9-16(24)23-11-13-6-3-8-15(13)17(23)18(25)26/h1,4,7,10,13,15,17H,2-3,5-6,8-9,11H2,(H,25,26). The maximum absolute atomic E-state index is 12.7. The van der Waals surface area contributed by atoms with Crippen molar-refractivity contribution in [3.05, 3.63) is 35.4 Å². The molecule has 1 aliphatic carbocycles. The summed E-state index contributed by atoms with van der Waals surface area (Å²) in [5.74, 6) is -0.854. The molecule has 1 saturated carbocycles. The van der Waals surface area contributed by atoms with Crippen LogP contribution >= 0.6 is 0 Å². The van der Waals surface area contributed by atoms with Gasteiger partial charge < -0.3 is 10.0 Å². The zero-order chi connectivity index (χ0) is 18.9. The van der Waals surface area contributed by atoms with Crippen LogP contribution in [0, 0.1) is 11.8 Å². The molecule has 1 N–H and O–H groups in total. The first kappa shape index (κ1) is 18.7. The molecule has 2 aliphatic rings. The summed E-state index contributed by atoms with van der Waals surface area (Å²) in [5, 5.41) is 9.49. The van der Waals surface area contributed by atoms with Gasteiger partial charge in [0.25, 0.3) is 0 Å². The molecule has 1 amide bonds. The van der Waals surface area contributed by atoms with E-state index in [4.69, 9.17) is 0 Å². The molecule has 1 heterocycles. The Balaban J connectivity index is 1.57. The van der Waals surface area contributed by atoms with Crippen LogP contribution in [0.2, 0.25) is 0 Å². The molecule has 1 aliphatic heterocycles. The van der Waals surface area contributed by atoms with Crippen molar-refractivity contribution in [2.24, 2.45) is 11.8 Å². The van der Waals surface area contributed by atoms with Gasteiger partial charge in [0, 0.05) is 13.0 Å². The Hall–Kier alpha value is -2.05. The number of benzene rings is 1. The average molecular weight is 369 g/mol. The first-order valence-corrected chi connectivity index (χ1v) is 8.96. The van der Waals surface area contributed by atoms with Crippen LogP contribution in [-0.2, 0) is 22.2 Å². The molecule has 0 bridgehead atoms. The lowest BCUT2D eigenvalue weighted by atomic mass is 9.94. The summed E-state index contributed by atoms with van der Waals surface area (Å²) in [4.78, 5) is 25.6. The number of hydrogen-bond acceptors (Lipinski definition) is 2. The number of carboxylic acids is 1. The van der Waals surface area contributed by atoms with Crippen LogP contribution < -0.4 is 0 Å². The van der Waals surface area contributed by atoms with E-state index in [1.54, 1.807) is 6.07 Å². The van der Waals surface area contributed by atoms with Crippen LogP contribution in [0.25, 0.3) is 0 Å². The second-order valence-corrected chi connectivity index (χ2v) is 7.24. The molecule has 142 valence electrons. The van der Waals surface area contributed by atoms with Gasteiger partial charge in [0.15, 0.2) is 0 Å². The van der Waals surface area contributed by atoms with Crippen molar-refractivity contribution in [2.45, 2.75) is 50.7 Å². The number of alkyl halides is 3. The van der Waals surface area contributed by atoms with E-state index < -0.39 is 23.8 Å². The van der Waals surface area contributed by atoms with Crippen molar-refractivity contribution in [3.8, 4) is 0 Å². The van der Waals surface area contributed by atoms with E-state index in [0.717, 1.165) is 31.4 Å². The second-order valence-electron chi connectivity index (χ2n) is 7.24. The first-order chi connectivity index (χ1) is 12.3. The molecule has 2 fully saturated rings. The van der Waals surface area contributed by atoms with Gasteiger partial charge in [-0.2, -0.15) is 13.2 Å². The number of amides is 1. The van der Waals surface area contributed by atoms with Crippen molar-refractivity contribution in [2.75, 3.05) is 6.54 Å². The predicted octanol–water partition coefficient (Wildman–Crippen LogP) is 3.74. The molecular formula is C19H22F3NO3. The van der Waals surface area contributed by atoms with E-state index in [2.05, 4.69) is 0 Å². The monoisotopic (exact) mass is 369 g/mol. The van der Waals surface area contributed by atoms with Gasteiger partial charge in [-0.15, -0.1) is 0 Å². The SMILES string of the molecule is O=C(O)C1C2CCCC2CN1C(=O)CCCc1cccc(C(F)(F)F)c1. The normalized spacial score (nSPS) is 25.3. The number of rotatable bonds is 5. The molecule has 1 aromatic carbocycles. The number of fused-ring (bicyclic) bond motifs is 1. The van der Waals surface area contributed by atoms with Gasteiger partial charge in [-0.1, -0.05) is 24.6 Å². The van der Waals surface area contributed by atoms with E-state index >= 15 is 0 Å². The zero-order valence-corrected chi connectivity index (χ0v) is 14.3. The topological polar surface area (TPSA) is 57.6 Å². The van der Waals surface area contributed by atoms with Gasteiger partial charge in [-0.3, -0.25) is 4.79 Å². The number of aliphatic carboxylic acids is 1. The maximum Gasteiger partial charge on any atom is 0.416 e.